The number of aryl methyl sites for hydroxylation is 1. The SMILES string of the molecule is C=C(c1cc(C)ccc1OC(C)C(F)(F)F)N1CC2(N)CC2(C(CC)=NC(=NC)C2CC2)C1. The van der Waals surface area contributed by atoms with Gasteiger partial charge < -0.3 is 15.4 Å². The van der Waals surface area contributed by atoms with E-state index in [2.05, 4.69) is 23.4 Å². The highest BCUT2D eigenvalue weighted by Gasteiger charge is 2.72. The number of fused-ring (bicyclic) bond motifs is 1. The molecular weight excluding hydrogens is 429 g/mol. The Hall–Kier alpha value is -2.35. The Balaban J connectivity index is 1.59. The van der Waals surface area contributed by atoms with Gasteiger partial charge in [-0.2, -0.15) is 13.2 Å². The molecule has 0 bridgehead atoms. The van der Waals surface area contributed by atoms with Crippen LogP contribution in [0.2, 0.25) is 0 Å². The molecule has 5 nitrogen and oxygen atoms in total. The number of ether oxygens (including phenoxy) is 1. The van der Waals surface area contributed by atoms with Gasteiger partial charge in [-0.25, -0.2) is 4.99 Å². The summed E-state index contributed by atoms with van der Waals surface area (Å²) in [4.78, 5) is 11.4. The fourth-order valence-electron chi connectivity index (χ4n) is 5.04. The van der Waals surface area contributed by atoms with Crippen LogP contribution in [-0.2, 0) is 0 Å². The molecule has 180 valence electrons. The molecule has 2 N–H and O–H groups in total. The van der Waals surface area contributed by atoms with Crippen molar-refractivity contribution < 1.29 is 17.9 Å². The number of rotatable bonds is 7. The maximum absolute atomic E-state index is 13.1. The lowest BCUT2D eigenvalue weighted by molar-refractivity contribution is -0.189. The van der Waals surface area contributed by atoms with Crippen molar-refractivity contribution in [3.8, 4) is 5.75 Å². The maximum atomic E-state index is 13.1. The van der Waals surface area contributed by atoms with Gasteiger partial charge in [-0.05, 0) is 51.7 Å². The number of aliphatic imine (C=N–C) groups is 2. The summed E-state index contributed by atoms with van der Waals surface area (Å²) in [5.74, 6) is 1.53. The smallest absolute Gasteiger partial charge is 0.425 e. The largest absolute Gasteiger partial charge is 0.481 e. The molecule has 1 aromatic rings. The second-order valence-electron chi connectivity index (χ2n) is 9.79. The zero-order chi connectivity index (χ0) is 24.2. The standard InChI is InChI=1S/C25H33F3N4O/c1-6-21(31-22(30-5)18-8-9-18)23-12-24(23,29)14-32(13-23)16(3)19-11-15(2)7-10-20(19)33-17(4)25(26,27)28/h7,10-11,17-18H,3,6,8-9,12-14,29H2,1-2,4-5H3. The van der Waals surface area contributed by atoms with Crippen molar-refractivity contribution in [3.63, 3.8) is 0 Å². The molecule has 1 heterocycles. The highest BCUT2D eigenvalue weighted by molar-refractivity contribution is 6.05. The minimum Gasteiger partial charge on any atom is -0.481 e. The molecule has 4 rings (SSSR count). The number of likely N-dealkylation sites (tertiary alicyclic amines) is 1. The van der Waals surface area contributed by atoms with Crippen molar-refractivity contribution in [2.75, 3.05) is 20.1 Å². The number of piperidine rings is 1. The summed E-state index contributed by atoms with van der Waals surface area (Å²) >= 11 is 0. The van der Waals surface area contributed by atoms with Crippen LogP contribution in [0.3, 0.4) is 0 Å². The summed E-state index contributed by atoms with van der Waals surface area (Å²) in [7, 11) is 1.79. The summed E-state index contributed by atoms with van der Waals surface area (Å²) in [6.07, 6.45) is -2.48. The van der Waals surface area contributed by atoms with Gasteiger partial charge in [0, 0.05) is 54.0 Å². The predicted molar refractivity (Wildman–Crippen MR) is 126 cm³/mol. The van der Waals surface area contributed by atoms with Gasteiger partial charge in [0.15, 0.2) is 6.10 Å². The van der Waals surface area contributed by atoms with E-state index in [4.69, 9.17) is 15.5 Å². The molecule has 1 aliphatic heterocycles. The third-order valence-electron chi connectivity index (χ3n) is 7.28. The minimum atomic E-state index is -4.45. The third kappa shape index (κ3) is 4.29. The zero-order valence-corrected chi connectivity index (χ0v) is 19.8. The molecule has 3 atom stereocenters. The molecule has 0 amide bonds. The molecule has 2 aliphatic carbocycles. The van der Waals surface area contributed by atoms with Crippen LogP contribution in [0.4, 0.5) is 13.2 Å². The normalized spacial score (nSPS) is 28.5. The highest BCUT2D eigenvalue weighted by Crippen LogP contribution is 2.62. The van der Waals surface area contributed by atoms with Crippen molar-refractivity contribution in [2.24, 2.45) is 27.1 Å². The van der Waals surface area contributed by atoms with E-state index in [1.807, 2.05) is 13.0 Å². The molecule has 1 aromatic carbocycles. The molecule has 8 heteroatoms. The number of nitrogens with two attached hydrogens (primary N) is 1. The molecule has 3 aliphatic rings. The van der Waals surface area contributed by atoms with Crippen molar-refractivity contribution in [2.45, 2.75) is 64.3 Å². The minimum absolute atomic E-state index is 0.176. The monoisotopic (exact) mass is 462 g/mol. The van der Waals surface area contributed by atoms with Crippen LogP contribution in [0.15, 0.2) is 34.8 Å². The fraction of sp³-hybridized carbons (Fsp3) is 0.600. The van der Waals surface area contributed by atoms with E-state index in [-0.39, 0.29) is 11.2 Å². The Bertz CT molecular complexity index is 1010. The third-order valence-corrected chi connectivity index (χ3v) is 7.28. The van der Waals surface area contributed by atoms with Crippen LogP contribution in [0.1, 0.15) is 50.7 Å². The van der Waals surface area contributed by atoms with Gasteiger partial charge in [0.05, 0.1) is 0 Å². The molecule has 0 spiro atoms. The Labute approximate surface area is 193 Å². The molecule has 1 saturated heterocycles. The molecule has 0 radical (unpaired) electrons. The molecule has 2 saturated carbocycles. The topological polar surface area (TPSA) is 63.2 Å². The number of hydrogen-bond donors (Lipinski definition) is 1. The first-order chi connectivity index (χ1) is 15.4. The van der Waals surface area contributed by atoms with Crippen molar-refractivity contribution >= 4 is 17.2 Å². The van der Waals surface area contributed by atoms with Crippen LogP contribution in [0, 0.1) is 18.3 Å². The fourth-order valence-corrected chi connectivity index (χ4v) is 5.04. The van der Waals surface area contributed by atoms with E-state index >= 15 is 0 Å². The summed E-state index contributed by atoms with van der Waals surface area (Å²) in [5.41, 5.74) is 9.31. The van der Waals surface area contributed by atoms with Crippen LogP contribution < -0.4 is 10.5 Å². The number of halogens is 3. The number of nitrogens with zero attached hydrogens (tertiary/aromatic N) is 3. The first-order valence-corrected chi connectivity index (χ1v) is 11.6. The molecule has 3 unspecified atom stereocenters. The van der Waals surface area contributed by atoms with Crippen molar-refractivity contribution in [1.82, 2.24) is 4.90 Å². The van der Waals surface area contributed by atoms with Gasteiger partial charge in [-0.1, -0.05) is 25.1 Å². The van der Waals surface area contributed by atoms with Crippen molar-refractivity contribution in [3.05, 3.63) is 35.9 Å². The lowest BCUT2D eigenvalue weighted by atomic mass is 9.94. The van der Waals surface area contributed by atoms with Gasteiger partial charge in [-0.15, -0.1) is 0 Å². The van der Waals surface area contributed by atoms with Crippen LogP contribution in [0.5, 0.6) is 5.75 Å². The summed E-state index contributed by atoms with van der Waals surface area (Å²) < 4.78 is 44.7. The first-order valence-electron chi connectivity index (χ1n) is 11.6. The van der Waals surface area contributed by atoms with Crippen LogP contribution in [0.25, 0.3) is 5.70 Å². The van der Waals surface area contributed by atoms with Gasteiger partial charge in [0.25, 0.3) is 0 Å². The van der Waals surface area contributed by atoms with Gasteiger partial charge in [0.2, 0.25) is 0 Å². The second kappa shape index (κ2) is 8.15. The van der Waals surface area contributed by atoms with E-state index < -0.39 is 17.8 Å². The van der Waals surface area contributed by atoms with Crippen LogP contribution >= 0.6 is 0 Å². The van der Waals surface area contributed by atoms with Crippen LogP contribution in [-0.4, -0.2) is 54.4 Å². The Morgan fingerprint density at radius 3 is 2.61 bits per heavy atom. The predicted octanol–water partition coefficient (Wildman–Crippen LogP) is 4.99. The zero-order valence-electron chi connectivity index (χ0n) is 19.8. The Kier molecular flexibility index (Phi) is 5.88. The maximum Gasteiger partial charge on any atom is 0.425 e. The van der Waals surface area contributed by atoms with E-state index in [9.17, 15) is 13.2 Å². The first kappa shape index (κ1) is 23.8. The van der Waals surface area contributed by atoms with Gasteiger partial charge >= 0.3 is 6.18 Å². The number of benzene rings is 1. The molecule has 33 heavy (non-hydrogen) atoms. The highest BCUT2D eigenvalue weighted by atomic mass is 19.4. The summed E-state index contributed by atoms with van der Waals surface area (Å²) in [6, 6.07) is 5.15. The lowest BCUT2D eigenvalue weighted by Gasteiger charge is -2.28. The Morgan fingerprint density at radius 2 is 2.03 bits per heavy atom. The van der Waals surface area contributed by atoms with Gasteiger partial charge in [0.1, 0.15) is 11.6 Å². The summed E-state index contributed by atoms with van der Waals surface area (Å²) in [5, 5.41) is 0. The van der Waals surface area contributed by atoms with E-state index in [0.29, 0.717) is 30.3 Å². The summed E-state index contributed by atoms with van der Waals surface area (Å²) in [6.45, 7) is 10.5. The second-order valence-corrected chi connectivity index (χ2v) is 9.79. The number of hydrogen-bond acceptors (Lipinski definition) is 4. The number of alkyl halides is 3. The average Bonchev–Trinajstić information content (AvgIpc) is 3.65. The molecule has 3 fully saturated rings. The van der Waals surface area contributed by atoms with E-state index in [1.54, 1.807) is 19.2 Å². The molecular formula is C25H33F3N4O. The van der Waals surface area contributed by atoms with E-state index in [0.717, 1.165) is 49.7 Å². The quantitative estimate of drug-likeness (QED) is 0.459. The Morgan fingerprint density at radius 1 is 1.33 bits per heavy atom. The van der Waals surface area contributed by atoms with Crippen molar-refractivity contribution in [1.29, 1.82) is 0 Å². The van der Waals surface area contributed by atoms with E-state index in [1.165, 1.54) is 0 Å². The molecule has 0 aromatic heterocycles. The lowest BCUT2D eigenvalue weighted by Crippen LogP contribution is -2.35. The number of amidine groups is 1. The average molecular weight is 463 g/mol. The van der Waals surface area contributed by atoms with Gasteiger partial charge in [-0.3, -0.25) is 4.99 Å².